The molecule has 142 valence electrons. The zero-order valence-electron chi connectivity index (χ0n) is 15.8. The van der Waals surface area contributed by atoms with Gasteiger partial charge < -0.3 is 14.5 Å². The lowest BCUT2D eigenvalue weighted by molar-refractivity contribution is -0.134. The smallest absolute Gasteiger partial charge is 0.227 e. The molecule has 4 rings (SSSR count). The normalized spacial score (nSPS) is 20.0. The highest BCUT2D eigenvalue weighted by Gasteiger charge is 2.31. The molecule has 3 heterocycles. The molecule has 2 saturated heterocycles. The predicted octanol–water partition coefficient (Wildman–Crippen LogP) is 2.99. The highest BCUT2D eigenvalue weighted by Crippen LogP contribution is 2.26. The number of hydrogen-bond donors (Lipinski definition) is 0. The summed E-state index contributed by atoms with van der Waals surface area (Å²) in [5.74, 6) is 2.08. The van der Waals surface area contributed by atoms with Gasteiger partial charge in [-0.25, -0.2) is 0 Å². The number of carbonyl (C=O) groups is 1. The summed E-state index contributed by atoms with van der Waals surface area (Å²) in [5, 5.41) is 8.83. The van der Waals surface area contributed by atoms with Crippen molar-refractivity contribution in [2.75, 3.05) is 38.2 Å². The van der Waals surface area contributed by atoms with Crippen molar-refractivity contribution in [3.05, 3.63) is 36.4 Å². The van der Waals surface area contributed by atoms with Gasteiger partial charge in [0.2, 0.25) is 5.91 Å². The van der Waals surface area contributed by atoms with E-state index in [1.54, 1.807) is 7.11 Å². The summed E-state index contributed by atoms with van der Waals surface area (Å²) in [4.78, 5) is 17.0. The van der Waals surface area contributed by atoms with Crippen molar-refractivity contribution in [1.82, 2.24) is 15.1 Å². The second kappa shape index (κ2) is 7.94. The lowest BCUT2D eigenvalue weighted by Gasteiger charge is -2.34. The number of rotatable bonds is 4. The van der Waals surface area contributed by atoms with E-state index in [1.165, 1.54) is 0 Å². The molecule has 1 atom stereocenters. The van der Waals surface area contributed by atoms with Gasteiger partial charge >= 0.3 is 0 Å². The second-order valence-electron chi connectivity index (χ2n) is 7.32. The maximum atomic E-state index is 12.7. The van der Waals surface area contributed by atoms with Crippen LogP contribution < -0.4 is 9.64 Å². The molecule has 6 heteroatoms. The molecule has 0 bridgehead atoms. The first kappa shape index (κ1) is 17.8. The third-order valence-corrected chi connectivity index (χ3v) is 5.55. The Bertz CT molecular complexity index is 770. The van der Waals surface area contributed by atoms with Gasteiger partial charge in [0.15, 0.2) is 5.82 Å². The molecule has 1 amide bonds. The highest BCUT2D eigenvalue weighted by molar-refractivity contribution is 5.80. The lowest BCUT2D eigenvalue weighted by Crippen LogP contribution is -2.44. The van der Waals surface area contributed by atoms with Gasteiger partial charge in [-0.3, -0.25) is 4.79 Å². The lowest BCUT2D eigenvalue weighted by atomic mass is 9.96. The number of piperidine rings is 1. The Labute approximate surface area is 160 Å². The first-order valence-electron chi connectivity index (χ1n) is 9.76. The van der Waals surface area contributed by atoms with E-state index in [9.17, 15) is 4.79 Å². The van der Waals surface area contributed by atoms with Gasteiger partial charge in [0.05, 0.1) is 18.7 Å². The van der Waals surface area contributed by atoms with Gasteiger partial charge in [0.25, 0.3) is 0 Å². The Hall–Kier alpha value is -2.63. The largest absolute Gasteiger partial charge is 0.497 e. The van der Waals surface area contributed by atoms with E-state index in [0.717, 1.165) is 74.7 Å². The van der Waals surface area contributed by atoms with Gasteiger partial charge in [-0.15, -0.1) is 10.2 Å². The Morgan fingerprint density at radius 2 is 1.78 bits per heavy atom. The van der Waals surface area contributed by atoms with Crippen LogP contribution in [0.25, 0.3) is 11.3 Å². The van der Waals surface area contributed by atoms with Crippen molar-refractivity contribution in [3.8, 4) is 17.0 Å². The quantitative estimate of drug-likeness (QED) is 0.833. The number of anilines is 1. The molecule has 6 nitrogen and oxygen atoms in total. The van der Waals surface area contributed by atoms with Crippen LogP contribution in [0.1, 0.15) is 25.7 Å². The Morgan fingerprint density at radius 1 is 1.00 bits per heavy atom. The number of likely N-dealkylation sites (tertiary alicyclic amines) is 1. The van der Waals surface area contributed by atoms with E-state index < -0.39 is 0 Å². The van der Waals surface area contributed by atoms with Crippen molar-refractivity contribution in [2.24, 2.45) is 5.92 Å². The number of aromatic nitrogens is 2. The fourth-order valence-electron chi connectivity index (χ4n) is 3.99. The number of ether oxygens (including phenoxy) is 1. The highest BCUT2D eigenvalue weighted by atomic mass is 16.5. The summed E-state index contributed by atoms with van der Waals surface area (Å²) in [6, 6.07) is 11.8. The van der Waals surface area contributed by atoms with E-state index in [-0.39, 0.29) is 5.92 Å². The number of amides is 1. The molecule has 0 saturated carbocycles. The van der Waals surface area contributed by atoms with Crippen molar-refractivity contribution >= 4 is 11.7 Å². The van der Waals surface area contributed by atoms with E-state index >= 15 is 0 Å². The molecule has 2 aliphatic heterocycles. The summed E-state index contributed by atoms with van der Waals surface area (Å²) in [6.45, 7) is 3.52. The maximum Gasteiger partial charge on any atom is 0.227 e. The monoisotopic (exact) mass is 366 g/mol. The zero-order chi connectivity index (χ0) is 18.6. The van der Waals surface area contributed by atoms with E-state index in [0.29, 0.717) is 5.91 Å². The molecule has 27 heavy (non-hydrogen) atoms. The van der Waals surface area contributed by atoms with Crippen LogP contribution in [0.2, 0.25) is 0 Å². The predicted molar refractivity (Wildman–Crippen MR) is 105 cm³/mol. The van der Waals surface area contributed by atoms with Gasteiger partial charge in [-0.05, 0) is 62.1 Å². The number of benzene rings is 1. The molecule has 1 aromatic heterocycles. The Kier molecular flexibility index (Phi) is 5.23. The van der Waals surface area contributed by atoms with E-state index in [2.05, 4.69) is 15.1 Å². The van der Waals surface area contributed by atoms with E-state index in [4.69, 9.17) is 4.74 Å². The first-order chi connectivity index (χ1) is 13.2. The van der Waals surface area contributed by atoms with Crippen LogP contribution in [0.3, 0.4) is 0 Å². The third-order valence-electron chi connectivity index (χ3n) is 5.55. The average Bonchev–Trinajstić information content (AvgIpc) is 3.28. The van der Waals surface area contributed by atoms with Crippen molar-refractivity contribution < 1.29 is 9.53 Å². The average molecular weight is 366 g/mol. The van der Waals surface area contributed by atoms with Gasteiger partial charge in [0, 0.05) is 31.7 Å². The minimum atomic E-state index is 0.0833. The second-order valence-corrected chi connectivity index (χ2v) is 7.32. The fraction of sp³-hybridized carbons (Fsp3) is 0.476. The van der Waals surface area contributed by atoms with Crippen molar-refractivity contribution in [2.45, 2.75) is 25.7 Å². The van der Waals surface area contributed by atoms with Crippen LogP contribution in [-0.4, -0.2) is 54.3 Å². The first-order valence-corrected chi connectivity index (χ1v) is 9.76. The van der Waals surface area contributed by atoms with E-state index in [1.807, 2.05) is 41.3 Å². The molecule has 0 aliphatic carbocycles. The fourth-order valence-corrected chi connectivity index (χ4v) is 3.99. The van der Waals surface area contributed by atoms with Crippen LogP contribution in [0.15, 0.2) is 36.4 Å². The van der Waals surface area contributed by atoms with Gasteiger partial charge in [-0.2, -0.15) is 0 Å². The molecule has 0 spiro atoms. The molecule has 0 N–H and O–H groups in total. The van der Waals surface area contributed by atoms with Crippen LogP contribution in [0.4, 0.5) is 5.82 Å². The third kappa shape index (κ3) is 3.89. The number of methoxy groups -OCH3 is 1. The summed E-state index contributed by atoms with van der Waals surface area (Å²) in [7, 11) is 1.66. The standard InChI is InChI=1S/C21H26N4O2/c1-27-18-8-6-16(7-9-18)19-10-11-20(23-22-19)25-14-4-5-17(15-25)21(26)24-12-2-3-13-24/h6-11,17H,2-5,12-15H2,1H3. The maximum absolute atomic E-state index is 12.7. The van der Waals surface area contributed by atoms with Crippen LogP contribution in [-0.2, 0) is 4.79 Å². The molecular formula is C21H26N4O2. The molecule has 1 unspecified atom stereocenters. The van der Waals surface area contributed by atoms with Crippen LogP contribution in [0, 0.1) is 5.92 Å². The minimum absolute atomic E-state index is 0.0833. The summed E-state index contributed by atoms with van der Waals surface area (Å²) >= 11 is 0. The molecule has 0 radical (unpaired) electrons. The number of nitrogens with zero attached hydrogens (tertiary/aromatic N) is 4. The zero-order valence-corrected chi connectivity index (χ0v) is 15.8. The molecule has 2 aliphatic rings. The minimum Gasteiger partial charge on any atom is -0.497 e. The summed E-state index contributed by atoms with van der Waals surface area (Å²) < 4.78 is 5.20. The molecule has 2 aromatic rings. The molecular weight excluding hydrogens is 340 g/mol. The SMILES string of the molecule is COc1ccc(-c2ccc(N3CCCC(C(=O)N4CCCC4)C3)nn2)cc1. The summed E-state index contributed by atoms with van der Waals surface area (Å²) in [5.41, 5.74) is 1.85. The molecule has 2 fully saturated rings. The van der Waals surface area contributed by atoms with Crippen LogP contribution in [0.5, 0.6) is 5.75 Å². The van der Waals surface area contributed by atoms with Crippen molar-refractivity contribution in [3.63, 3.8) is 0 Å². The summed E-state index contributed by atoms with van der Waals surface area (Å²) in [6.07, 6.45) is 4.27. The van der Waals surface area contributed by atoms with Gasteiger partial charge in [0.1, 0.15) is 5.75 Å². The van der Waals surface area contributed by atoms with Gasteiger partial charge in [-0.1, -0.05) is 0 Å². The number of hydrogen-bond acceptors (Lipinski definition) is 5. The topological polar surface area (TPSA) is 58.6 Å². The molecule has 1 aromatic carbocycles. The van der Waals surface area contributed by atoms with Crippen LogP contribution >= 0.6 is 0 Å². The Balaban J connectivity index is 1.43. The van der Waals surface area contributed by atoms with Crippen molar-refractivity contribution in [1.29, 1.82) is 0 Å². The number of carbonyl (C=O) groups excluding carboxylic acids is 1. The Morgan fingerprint density at radius 3 is 2.44 bits per heavy atom.